The molecule has 19 heavy (non-hydrogen) atoms. The van der Waals surface area contributed by atoms with E-state index in [1.165, 1.54) is 35.3 Å². The van der Waals surface area contributed by atoms with Crippen molar-refractivity contribution in [2.45, 2.75) is 64.5 Å². The molecule has 0 spiro atoms. The minimum Gasteiger partial charge on any atom is -0.128 e. The van der Waals surface area contributed by atoms with Crippen molar-refractivity contribution in [3.8, 4) is 0 Å². The van der Waals surface area contributed by atoms with E-state index in [2.05, 4.69) is 65.5 Å². The van der Waals surface area contributed by atoms with E-state index in [-0.39, 0.29) is 5.41 Å². The van der Waals surface area contributed by atoms with Crippen molar-refractivity contribution in [3.63, 3.8) is 0 Å². The molecule has 0 fully saturated rings. The molecule has 0 nitrogen and oxygen atoms in total. The number of hydrogen-bond acceptors (Lipinski definition) is 1. The van der Waals surface area contributed by atoms with Gasteiger partial charge in [0, 0.05) is 5.25 Å². The highest BCUT2D eigenvalue weighted by molar-refractivity contribution is 8.03. The quantitative estimate of drug-likeness (QED) is 0.617. The van der Waals surface area contributed by atoms with Gasteiger partial charge >= 0.3 is 0 Å². The first-order chi connectivity index (χ1) is 8.82. The number of hydrogen-bond donors (Lipinski definition) is 0. The fourth-order valence-corrected chi connectivity index (χ4v) is 3.10. The van der Waals surface area contributed by atoms with Gasteiger partial charge in [0.25, 0.3) is 0 Å². The molecule has 0 heterocycles. The molecule has 1 atom stereocenters. The summed E-state index contributed by atoms with van der Waals surface area (Å²) >= 11 is 1.93. The minimum atomic E-state index is 0.250. The van der Waals surface area contributed by atoms with Crippen LogP contribution in [0.25, 0.3) is 0 Å². The highest BCUT2D eigenvalue weighted by Crippen LogP contribution is 2.27. The predicted octanol–water partition coefficient (Wildman–Crippen LogP) is 5.96. The third kappa shape index (κ3) is 5.86. The molecule has 0 radical (unpaired) electrons. The Balaban J connectivity index is 2.56. The Labute approximate surface area is 123 Å². The highest BCUT2D eigenvalue weighted by Gasteiger charge is 2.13. The molecule has 0 aliphatic heterocycles. The Hall–Kier alpha value is -0.690. The van der Waals surface area contributed by atoms with Gasteiger partial charge < -0.3 is 0 Å². The van der Waals surface area contributed by atoms with Crippen LogP contribution in [0.4, 0.5) is 0 Å². The molecule has 0 aliphatic rings. The van der Waals surface area contributed by atoms with Gasteiger partial charge in [0.1, 0.15) is 0 Å². The van der Waals surface area contributed by atoms with Gasteiger partial charge in [-0.2, -0.15) is 0 Å². The van der Waals surface area contributed by atoms with Gasteiger partial charge in [-0.05, 0) is 47.6 Å². The third-order valence-corrected chi connectivity index (χ3v) is 4.70. The minimum absolute atomic E-state index is 0.250. The smallest absolute Gasteiger partial charge is 0.00914 e. The maximum absolute atomic E-state index is 4.00. The Bertz CT molecular complexity index is 395. The summed E-state index contributed by atoms with van der Waals surface area (Å²) < 4.78 is 0. The number of benzene rings is 1. The Morgan fingerprint density at radius 3 is 2.21 bits per heavy atom. The standard InChI is InChI=1S/C18H28S/c1-7-17(19-14(2)3)13-10-15-8-11-16(12-9-15)18(4,5)6/h8-9,11-12,17H,2,7,10,13H2,1,3-6H3. The van der Waals surface area contributed by atoms with Crippen LogP contribution in [-0.4, -0.2) is 5.25 Å². The van der Waals surface area contributed by atoms with E-state index in [0.717, 1.165) is 0 Å². The molecule has 1 rings (SSSR count). The van der Waals surface area contributed by atoms with Crippen LogP contribution in [0.1, 0.15) is 58.6 Å². The summed E-state index contributed by atoms with van der Waals surface area (Å²) in [5.41, 5.74) is 3.12. The average Bonchev–Trinajstić information content (AvgIpc) is 2.33. The lowest BCUT2D eigenvalue weighted by molar-refractivity contribution is 0.590. The van der Waals surface area contributed by atoms with Crippen LogP contribution in [-0.2, 0) is 11.8 Å². The van der Waals surface area contributed by atoms with E-state index in [4.69, 9.17) is 0 Å². The SMILES string of the molecule is C=C(C)SC(CC)CCc1ccc(C(C)(C)C)cc1. The average molecular weight is 276 g/mol. The van der Waals surface area contributed by atoms with Crippen molar-refractivity contribution in [2.24, 2.45) is 0 Å². The lowest BCUT2D eigenvalue weighted by Crippen LogP contribution is -2.10. The molecule has 106 valence electrons. The van der Waals surface area contributed by atoms with Gasteiger partial charge in [0.05, 0.1) is 0 Å². The second kappa shape index (κ2) is 7.19. The summed E-state index contributed by atoms with van der Waals surface area (Å²) in [5, 5.41) is 0.708. The molecular formula is C18H28S. The first-order valence-corrected chi connectivity index (χ1v) is 8.12. The number of thioether (sulfide) groups is 1. The van der Waals surface area contributed by atoms with Crippen molar-refractivity contribution >= 4 is 11.8 Å². The first kappa shape index (κ1) is 16.4. The van der Waals surface area contributed by atoms with Crippen LogP contribution < -0.4 is 0 Å². The van der Waals surface area contributed by atoms with Crippen molar-refractivity contribution < 1.29 is 0 Å². The van der Waals surface area contributed by atoms with Gasteiger partial charge in [-0.3, -0.25) is 0 Å². The third-order valence-electron chi connectivity index (χ3n) is 3.40. The molecule has 1 aromatic rings. The van der Waals surface area contributed by atoms with Crippen molar-refractivity contribution in [1.29, 1.82) is 0 Å². The summed E-state index contributed by atoms with van der Waals surface area (Å²) in [5.74, 6) is 0. The summed E-state index contributed by atoms with van der Waals surface area (Å²) in [7, 11) is 0. The van der Waals surface area contributed by atoms with Gasteiger partial charge in [0.15, 0.2) is 0 Å². The molecule has 0 saturated heterocycles. The second-order valence-electron chi connectivity index (χ2n) is 6.34. The zero-order valence-corrected chi connectivity index (χ0v) is 13.9. The van der Waals surface area contributed by atoms with E-state index in [1.54, 1.807) is 0 Å². The monoisotopic (exact) mass is 276 g/mol. The van der Waals surface area contributed by atoms with Crippen LogP contribution in [0, 0.1) is 0 Å². The Morgan fingerprint density at radius 2 is 1.79 bits per heavy atom. The molecule has 0 N–H and O–H groups in total. The van der Waals surface area contributed by atoms with E-state index in [0.29, 0.717) is 5.25 Å². The fourth-order valence-electron chi connectivity index (χ4n) is 2.13. The molecule has 0 amide bonds. The summed E-state index contributed by atoms with van der Waals surface area (Å²) in [6, 6.07) is 9.14. The van der Waals surface area contributed by atoms with Crippen LogP contribution in [0.15, 0.2) is 35.7 Å². The van der Waals surface area contributed by atoms with Gasteiger partial charge in [-0.15, -0.1) is 11.8 Å². The van der Waals surface area contributed by atoms with Crippen molar-refractivity contribution in [1.82, 2.24) is 0 Å². The maximum atomic E-state index is 4.00. The van der Waals surface area contributed by atoms with Crippen LogP contribution in [0.5, 0.6) is 0 Å². The van der Waals surface area contributed by atoms with Gasteiger partial charge in [-0.1, -0.05) is 58.5 Å². The lowest BCUT2D eigenvalue weighted by atomic mass is 9.86. The number of aryl methyl sites for hydroxylation is 1. The maximum Gasteiger partial charge on any atom is 0.00914 e. The Kier molecular flexibility index (Phi) is 6.19. The molecule has 0 saturated carbocycles. The van der Waals surface area contributed by atoms with E-state index in [9.17, 15) is 0 Å². The van der Waals surface area contributed by atoms with Crippen molar-refractivity contribution in [3.05, 3.63) is 46.9 Å². The molecular weight excluding hydrogens is 248 g/mol. The molecule has 1 aromatic carbocycles. The number of rotatable bonds is 6. The first-order valence-electron chi connectivity index (χ1n) is 7.24. The summed E-state index contributed by atoms with van der Waals surface area (Å²) in [6.07, 6.45) is 3.63. The van der Waals surface area contributed by atoms with Gasteiger partial charge in [0.2, 0.25) is 0 Å². The lowest BCUT2D eigenvalue weighted by Gasteiger charge is -2.19. The van der Waals surface area contributed by atoms with E-state index >= 15 is 0 Å². The molecule has 0 aromatic heterocycles. The topological polar surface area (TPSA) is 0 Å². The van der Waals surface area contributed by atoms with Crippen molar-refractivity contribution in [2.75, 3.05) is 0 Å². The summed E-state index contributed by atoms with van der Waals surface area (Å²) in [4.78, 5) is 1.23. The van der Waals surface area contributed by atoms with Crippen LogP contribution in [0.3, 0.4) is 0 Å². The van der Waals surface area contributed by atoms with Crippen LogP contribution >= 0.6 is 11.8 Å². The fraction of sp³-hybridized carbons (Fsp3) is 0.556. The molecule has 0 bridgehead atoms. The zero-order valence-electron chi connectivity index (χ0n) is 13.1. The molecule has 1 unspecified atom stereocenters. The summed E-state index contributed by atoms with van der Waals surface area (Å²) in [6.45, 7) is 15.2. The normalized spacial score (nSPS) is 13.3. The predicted molar refractivity (Wildman–Crippen MR) is 89.9 cm³/mol. The Morgan fingerprint density at radius 1 is 1.21 bits per heavy atom. The largest absolute Gasteiger partial charge is 0.128 e. The second-order valence-corrected chi connectivity index (χ2v) is 7.94. The molecule has 0 aliphatic carbocycles. The van der Waals surface area contributed by atoms with E-state index < -0.39 is 0 Å². The van der Waals surface area contributed by atoms with Crippen LogP contribution in [0.2, 0.25) is 0 Å². The zero-order chi connectivity index (χ0) is 14.5. The van der Waals surface area contributed by atoms with E-state index in [1.807, 2.05) is 11.8 Å². The number of allylic oxidation sites excluding steroid dienone is 1. The molecule has 1 heteroatoms. The highest BCUT2D eigenvalue weighted by atomic mass is 32.2. The van der Waals surface area contributed by atoms with Gasteiger partial charge in [-0.25, -0.2) is 0 Å².